The lowest BCUT2D eigenvalue weighted by Gasteiger charge is -2.18. The fraction of sp³-hybridized carbons (Fsp3) is 0.125. The molecule has 1 N–H and O–H groups in total. The summed E-state index contributed by atoms with van der Waals surface area (Å²) in [7, 11) is 0. The topological polar surface area (TPSA) is 57.6 Å². The standard InChI is InChI=1S/C18H16.C14H7ClFNO3/c1-3-7-15-13(5-1)9-11-18-16-8-4-2-6-14(16)10-12-17(15)18;15-9-5-10(16)11(6-12(9)18)17-13(19)7-3-1-2-4-8(7)14(17)20/h1,3,5,7,9-12H,2,4,6,8H2;1-6,18H. The number of nitrogens with zero attached hydrogens (tertiary/aromatic N) is 1. The number of imide groups is 1. The Morgan fingerprint density at radius 2 is 1.39 bits per heavy atom. The molecule has 0 aromatic heterocycles. The number of halogens is 2. The van der Waals surface area contributed by atoms with Crippen molar-refractivity contribution in [3.63, 3.8) is 0 Å². The number of aromatic hydroxyl groups is 1. The van der Waals surface area contributed by atoms with E-state index < -0.39 is 23.4 Å². The SMILES string of the molecule is O=C1c2ccccc2C(=O)N1c1cc(O)c(Cl)cc1F.c1ccc2c(c1)ccc1c3c(ccc12)CCCC3. The van der Waals surface area contributed by atoms with Crippen molar-refractivity contribution in [2.24, 2.45) is 0 Å². The zero-order valence-electron chi connectivity index (χ0n) is 20.4. The van der Waals surface area contributed by atoms with Crippen LogP contribution < -0.4 is 4.90 Å². The number of anilines is 1. The lowest BCUT2D eigenvalue weighted by atomic mass is 9.86. The fourth-order valence-electron chi connectivity index (χ4n) is 5.45. The molecule has 38 heavy (non-hydrogen) atoms. The number of fused-ring (bicyclic) bond motifs is 6. The number of hydrogen-bond donors (Lipinski definition) is 1. The molecule has 0 radical (unpaired) electrons. The van der Waals surface area contributed by atoms with Crippen LogP contribution in [0.2, 0.25) is 5.02 Å². The molecule has 0 atom stereocenters. The van der Waals surface area contributed by atoms with Gasteiger partial charge in [0.1, 0.15) is 11.6 Å². The van der Waals surface area contributed by atoms with Gasteiger partial charge in [-0.15, -0.1) is 0 Å². The number of hydrogen-bond acceptors (Lipinski definition) is 3. The maximum absolute atomic E-state index is 13.9. The summed E-state index contributed by atoms with van der Waals surface area (Å²) in [5.41, 5.74) is 3.25. The van der Waals surface area contributed by atoms with Crippen molar-refractivity contribution in [3.05, 3.63) is 118 Å². The number of phenols is 1. The third-order valence-electron chi connectivity index (χ3n) is 7.31. The van der Waals surface area contributed by atoms with Crippen LogP contribution in [0.1, 0.15) is 44.7 Å². The summed E-state index contributed by atoms with van der Waals surface area (Å²) < 4.78 is 13.9. The first-order chi connectivity index (χ1) is 18.4. The molecule has 2 amide bonds. The van der Waals surface area contributed by atoms with Gasteiger partial charge in [-0.05, 0) is 76.6 Å². The van der Waals surface area contributed by atoms with Gasteiger partial charge in [-0.2, -0.15) is 0 Å². The van der Waals surface area contributed by atoms with Crippen molar-refractivity contribution in [3.8, 4) is 5.75 Å². The van der Waals surface area contributed by atoms with Crippen molar-refractivity contribution < 1.29 is 19.1 Å². The highest BCUT2D eigenvalue weighted by Gasteiger charge is 2.38. The average molecular weight is 524 g/mol. The second kappa shape index (κ2) is 9.58. The Kier molecular flexibility index (Phi) is 6.09. The maximum Gasteiger partial charge on any atom is 0.266 e. The molecule has 5 aromatic carbocycles. The number of aryl methyl sites for hydroxylation is 2. The van der Waals surface area contributed by atoms with Crippen LogP contribution in [0.5, 0.6) is 5.75 Å². The van der Waals surface area contributed by atoms with Gasteiger partial charge in [-0.25, -0.2) is 9.29 Å². The van der Waals surface area contributed by atoms with E-state index in [2.05, 4.69) is 48.5 Å². The average Bonchev–Trinajstić information content (AvgIpc) is 3.20. The molecule has 4 nitrogen and oxygen atoms in total. The van der Waals surface area contributed by atoms with Gasteiger partial charge in [-0.1, -0.05) is 72.3 Å². The van der Waals surface area contributed by atoms with E-state index in [1.165, 1.54) is 59.4 Å². The molecule has 6 heteroatoms. The first-order valence-corrected chi connectivity index (χ1v) is 12.9. The fourth-order valence-corrected chi connectivity index (χ4v) is 5.60. The lowest BCUT2D eigenvalue weighted by Crippen LogP contribution is -2.30. The Labute approximate surface area is 223 Å². The zero-order valence-corrected chi connectivity index (χ0v) is 21.1. The molecule has 0 unspecified atom stereocenters. The molecule has 1 heterocycles. The van der Waals surface area contributed by atoms with E-state index >= 15 is 0 Å². The van der Waals surface area contributed by atoms with Crippen molar-refractivity contribution in [2.45, 2.75) is 25.7 Å². The van der Waals surface area contributed by atoms with E-state index in [0.717, 1.165) is 12.1 Å². The molecule has 0 bridgehead atoms. The van der Waals surface area contributed by atoms with Gasteiger partial charge >= 0.3 is 0 Å². The molecular weight excluding hydrogens is 501 g/mol. The number of carbonyl (C=O) groups excluding carboxylic acids is 2. The Morgan fingerprint density at radius 3 is 2.16 bits per heavy atom. The first-order valence-electron chi connectivity index (χ1n) is 12.5. The van der Waals surface area contributed by atoms with Gasteiger partial charge in [-0.3, -0.25) is 9.59 Å². The summed E-state index contributed by atoms with van der Waals surface area (Å²) in [5, 5.41) is 15.0. The summed E-state index contributed by atoms with van der Waals surface area (Å²) in [6.07, 6.45) is 5.22. The highest BCUT2D eigenvalue weighted by Crippen LogP contribution is 2.36. The van der Waals surface area contributed by atoms with Crippen LogP contribution in [-0.2, 0) is 12.8 Å². The van der Waals surface area contributed by atoms with E-state index in [4.69, 9.17) is 11.6 Å². The van der Waals surface area contributed by atoms with Gasteiger partial charge in [0.15, 0.2) is 0 Å². The van der Waals surface area contributed by atoms with Gasteiger partial charge in [0.05, 0.1) is 21.8 Å². The normalized spacial score (nSPS) is 14.3. The molecule has 1 aliphatic carbocycles. The zero-order chi connectivity index (χ0) is 26.4. The minimum atomic E-state index is -0.859. The third-order valence-corrected chi connectivity index (χ3v) is 7.61. The predicted octanol–water partition coefficient (Wildman–Crippen LogP) is 7.86. The van der Waals surface area contributed by atoms with Crippen molar-refractivity contribution in [1.29, 1.82) is 0 Å². The molecule has 0 saturated heterocycles. The molecule has 0 spiro atoms. The highest BCUT2D eigenvalue weighted by atomic mass is 35.5. The summed E-state index contributed by atoms with van der Waals surface area (Å²) in [5.74, 6) is -2.53. The molecule has 1 aliphatic heterocycles. The van der Waals surface area contributed by atoms with E-state index in [1.54, 1.807) is 23.3 Å². The number of phenolic OH excluding ortho intramolecular Hbond substituents is 1. The Hall–Kier alpha value is -4.22. The molecule has 188 valence electrons. The smallest absolute Gasteiger partial charge is 0.266 e. The number of carbonyl (C=O) groups is 2. The quantitative estimate of drug-likeness (QED) is 0.180. The summed E-state index contributed by atoms with van der Waals surface area (Å²) in [4.78, 5) is 25.1. The predicted molar refractivity (Wildman–Crippen MR) is 149 cm³/mol. The van der Waals surface area contributed by atoms with Crippen LogP contribution in [0.15, 0.2) is 84.9 Å². The Morgan fingerprint density at radius 1 is 0.737 bits per heavy atom. The summed E-state index contributed by atoms with van der Waals surface area (Å²) >= 11 is 5.58. The van der Waals surface area contributed by atoms with Gasteiger partial charge < -0.3 is 5.11 Å². The van der Waals surface area contributed by atoms with E-state index in [-0.39, 0.29) is 21.8 Å². The van der Waals surface area contributed by atoms with Crippen molar-refractivity contribution in [1.82, 2.24) is 0 Å². The molecule has 2 aliphatic rings. The summed E-state index contributed by atoms with van der Waals surface area (Å²) in [6.45, 7) is 0. The van der Waals surface area contributed by atoms with Crippen LogP contribution in [0, 0.1) is 5.82 Å². The lowest BCUT2D eigenvalue weighted by molar-refractivity contribution is 0.0925. The van der Waals surface area contributed by atoms with Crippen LogP contribution in [0.4, 0.5) is 10.1 Å². The van der Waals surface area contributed by atoms with Gasteiger partial charge in [0.25, 0.3) is 11.8 Å². The van der Waals surface area contributed by atoms with Crippen molar-refractivity contribution in [2.75, 3.05) is 4.90 Å². The van der Waals surface area contributed by atoms with E-state index in [0.29, 0.717) is 4.90 Å². The Balaban J connectivity index is 0.000000140. The molecule has 0 fully saturated rings. The monoisotopic (exact) mass is 523 g/mol. The minimum Gasteiger partial charge on any atom is -0.506 e. The van der Waals surface area contributed by atoms with Gasteiger partial charge in [0.2, 0.25) is 0 Å². The van der Waals surface area contributed by atoms with Crippen LogP contribution in [-0.4, -0.2) is 16.9 Å². The second-order valence-corrected chi connectivity index (χ2v) is 9.95. The second-order valence-electron chi connectivity index (χ2n) is 9.54. The molecule has 5 aromatic rings. The van der Waals surface area contributed by atoms with Crippen LogP contribution in [0.25, 0.3) is 21.5 Å². The number of rotatable bonds is 1. The molecular formula is C32H23ClFNO3. The Bertz CT molecular complexity index is 1730. The van der Waals surface area contributed by atoms with Gasteiger partial charge in [0, 0.05) is 6.07 Å². The molecule has 7 rings (SSSR count). The summed E-state index contributed by atoms with van der Waals surface area (Å²) in [6, 6.07) is 26.0. The minimum absolute atomic E-state index is 0.192. The van der Waals surface area contributed by atoms with Crippen LogP contribution >= 0.6 is 11.6 Å². The number of amides is 2. The van der Waals surface area contributed by atoms with Crippen molar-refractivity contribution >= 4 is 50.6 Å². The van der Waals surface area contributed by atoms with E-state index in [1.807, 2.05) is 0 Å². The highest BCUT2D eigenvalue weighted by molar-refractivity contribution is 6.35. The third kappa shape index (κ3) is 4.00. The molecule has 0 saturated carbocycles. The largest absolute Gasteiger partial charge is 0.506 e. The van der Waals surface area contributed by atoms with E-state index in [9.17, 15) is 19.1 Å². The number of benzene rings is 5. The first kappa shape index (κ1) is 24.1. The maximum atomic E-state index is 13.9. The van der Waals surface area contributed by atoms with Crippen LogP contribution in [0.3, 0.4) is 0 Å².